The predicted octanol–water partition coefficient (Wildman–Crippen LogP) is 3.07. The number of rotatable bonds is 1. The van der Waals surface area contributed by atoms with E-state index < -0.39 is 0 Å². The Bertz CT molecular complexity index is 320. The van der Waals surface area contributed by atoms with Crippen molar-refractivity contribution in [3.63, 3.8) is 0 Å². The van der Waals surface area contributed by atoms with Crippen molar-refractivity contribution in [3.05, 3.63) is 27.7 Å². The lowest BCUT2D eigenvalue weighted by atomic mass is 10.3. The molecule has 0 saturated heterocycles. The smallest absolute Gasteiger partial charge is 0.211 e. The fourth-order valence-corrected chi connectivity index (χ4v) is 1.12. The molecule has 0 bridgehead atoms. The summed E-state index contributed by atoms with van der Waals surface area (Å²) < 4.78 is 0.727. The van der Waals surface area contributed by atoms with Gasteiger partial charge in [0.15, 0.2) is 0 Å². The summed E-state index contributed by atoms with van der Waals surface area (Å²) in [5.74, 6) is 0. The van der Waals surface area contributed by atoms with E-state index in [-0.39, 0.29) is 0 Å². The van der Waals surface area contributed by atoms with E-state index in [1.54, 1.807) is 18.2 Å². The quantitative estimate of drug-likeness (QED) is 0.540. The first-order valence-electron chi connectivity index (χ1n) is 2.77. The molecule has 56 valence electrons. The van der Waals surface area contributed by atoms with E-state index in [1.165, 1.54) is 6.08 Å². The van der Waals surface area contributed by atoms with Gasteiger partial charge in [-0.2, -0.15) is 4.99 Å². The molecule has 0 heterocycles. The maximum Gasteiger partial charge on any atom is 0.240 e. The predicted molar refractivity (Wildman–Crippen MR) is 46.9 cm³/mol. The molecule has 0 unspecified atom stereocenters. The summed E-state index contributed by atoms with van der Waals surface area (Å²) in [5.41, 5.74) is 0.493. The highest BCUT2D eigenvalue weighted by Gasteiger charge is 1.97. The third kappa shape index (κ3) is 2.15. The van der Waals surface area contributed by atoms with Gasteiger partial charge < -0.3 is 0 Å². The third-order valence-electron chi connectivity index (χ3n) is 1.07. The fourth-order valence-electron chi connectivity index (χ4n) is 0.621. The average Bonchev–Trinajstić information content (AvgIpc) is 1.98. The summed E-state index contributed by atoms with van der Waals surface area (Å²) >= 11 is 8.84. The van der Waals surface area contributed by atoms with Crippen LogP contribution in [0.2, 0.25) is 5.02 Å². The zero-order valence-corrected chi connectivity index (χ0v) is 7.69. The topological polar surface area (TPSA) is 29.4 Å². The fraction of sp³-hybridized carbons (Fsp3) is 0. The Labute approximate surface area is 77.0 Å². The molecule has 11 heavy (non-hydrogen) atoms. The highest BCUT2D eigenvalue weighted by Crippen LogP contribution is 2.27. The van der Waals surface area contributed by atoms with Crippen LogP contribution in [0.3, 0.4) is 0 Å². The molecule has 2 nitrogen and oxygen atoms in total. The summed E-state index contributed by atoms with van der Waals surface area (Å²) in [6, 6.07) is 5.00. The molecule has 0 atom stereocenters. The van der Waals surface area contributed by atoms with Crippen molar-refractivity contribution < 1.29 is 4.79 Å². The Morgan fingerprint density at radius 1 is 1.55 bits per heavy atom. The Morgan fingerprint density at radius 3 is 2.91 bits per heavy atom. The number of hydrogen-bond acceptors (Lipinski definition) is 2. The van der Waals surface area contributed by atoms with Crippen molar-refractivity contribution in [3.8, 4) is 0 Å². The van der Waals surface area contributed by atoms with E-state index in [0.29, 0.717) is 10.7 Å². The van der Waals surface area contributed by atoms with Crippen LogP contribution in [0.5, 0.6) is 0 Å². The highest BCUT2D eigenvalue weighted by molar-refractivity contribution is 9.10. The first-order valence-corrected chi connectivity index (χ1v) is 3.94. The number of aliphatic imine (C=N–C) groups is 1. The number of carbonyl (C=O) groups excluding carboxylic acids is 1. The molecule has 0 aliphatic heterocycles. The van der Waals surface area contributed by atoms with Gasteiger partial charge in [0, 0.05) is 9.50 Å². The van der Waals surface area contributed by atoms with Gasteiger partial charge >= 0.3 is 0 Å². The van der Waals surface area contributed by atoms with Crippen molar-refractivity contribution in [1.29, 1.82) is 0 Å². The Kier molecular flexibility index (Phi) is 2.83. The van der Waals surface area contributed by atoms with Crippen LogP contribution >= 0.6 is 27.5 Å². The highest BCUT2D eigenvalue weighted by atomic mass is 79.9. The number of isocyanates is 1. The first kappa shape index (κ1) is 8.47. The minimum absolute atomic E-state index is 0.493. The standard InChI is InChI=1S/C7H3BrClNO/c8-6-2-1-5(9)3-7(6)10-4-11/h1-3H. The Hall–Kier alpha value is -0.630. The van der Waals surface area contributed by atoms with Gasteiger partial charge in [-0.15, -0.1) is 0 Å². The molecule has 0 fully saturated rings. The van der Waals surface area contributed by atoms with Crippen LogP contribution in [0.4, 0.5) is 5.69 Å². The molecule has 0 saturated carbocycles. The van der Waals surface area contributed by atoms with Crippen LogP contribution in [0.1, 0.15) is 0 Å². The minimum Gasteiger partial charge on any atom is -0.211 e. The number of halogens is 2. The van der Waals surface area contributed by atoms with E-state index in [1.807, 2.05) is 0 Å². The molecule has 0 amide bonds. The molecular weight excluding hydrogens is 229 g/mol. The van der Waals surface area contributed by atoms with E-state index in [9.17, 15) is 4.79 Å². The van der Waals surface area contributed by atoms with Gasteiger partial charge in [-0.25, -0.2) is 4.79 Å². The molecular formula is C7H3BrClNO. The number of hydrogen-bond donors (Lipinski definition) is 0. The van der Waals surface area contributed by atoms with Crippen LogP contribution in [0.25, 0.3) is 0 Å². The molecule has 0 N–H and O–H groups in total. The number of nitrogens with zero attached hydrogens (tertiary/aromatic N) is 1. The Balaban J connectivity index is 3.22. The van der Waals surface area contributed by atoms with Crippen LogP contribution < -0.4 is 0 Å². The summed E-state index contributed by atoms with van der Waals surface area (Å²) in [6.45, 7) is 0. The molecule has 1 rings (SSSR count). The van der Waals surface area contributed by atoms with Gasteiger partial charge in [-0.3, -0.25) is 0 Å². The zero-order chi connectivity index (χ0) is 8.27. The van der Waals surface area contributed by atoms with Gasteiger partial charge in [-0.05, 0) is 34.1 Å². The molecule has 0 spiro atoms. The molecule has 4 heteroatoms. The maximum absolute atomic E-state index is 9.88. The lowest BCUT2D eigenvalue weighted by molar-refractivity contribution is 0.565. The second kappa shape index (κ2) is 3.67. The van der Waals surface area contributed by atoms with Crippen molar-refractivity contribution in [1.82, 2.24) is 0 Å². The first-order chi connectivity index (χ1) is 5.24. The molecule has 0 aliphatic carbocycles. The largest absolute Gasteiger partial charge is 0.240 e. The van der Waals surface area contributed by atoms with Crippen LogP contribution in [0, 0.1) is 0 Å². The van der Waals surface area contributed by atoms with Gasteiger partial charge in [0.05, 0.1) is 5.69 Å². The van der Waals surface area contributed by atoms with Crippen LogP contribution in [-0.2, 0) is 4.79 Å². The second-order valence-electron chi connectivity index (χ2n) is 1.80. The normalized spacial score (nSPS) is 8.91. The van der Waals surface area contributed by atoms with E-state index in [2.05, 4.69) is 20.9 Å². The Morgan fingerprint density at radius 2 is 2.27 bits per heavy atom. The van der Waals surface area contributed by atoms with Gasteiger partial charge in [-0.1, -0.05) is 11.6 Å². The summed E-state index contributed by atoms with van der Waals surface area (Å²) in [7, 11) is 0. The van der Waals surface area contributed by atoms with Crippen LogP contribution in [0.15, 0.2) is 27.7 Å². The molecule has 0 aliphatic rings. The lowest BCUT2D eigenvalue weighted by Crippen LogP contribution is -1.68. The molecule has 1 aromatic rings. The maximum atomic E-state index is 9.88. The molecule has 0 radical (unpaired) electrons. The van der Waals surface area contributed by atoms with Crippen LogP contribution in [-0.4, -0.2) is 6.08 Å². The van der Waals surface area contributed by atoms with Gasteiger partial charge in [0.25, 0.3) is 0 Å². The van der Waals surface area contributed by atoms with Crippen molar-refractivity contribution in [2.75, 3.05) is 0 Å². The van der Waals surface area contributed by atoms with E-state index >= 15 is 0 Å². The monoisotopic (exact) mass is 231 g/mol. The summed E-state index contributed by atoms with van der Waals surface area (Å²) in [6.07, 6.45) is 1.44. The van der Waals surface area contributed by atoms with Gasteiger partial charge in [0.2, 0.25) is 6.08 Å². The van der Waals surface area contributed by atoms with Crippen molar-refractivity contribution >= 4 is 39.3 Å². The van der Waals surface area contributed by atoms with E-state index in [0.717, 1.165) is 4.47 Å². The third-order valence-corrected chi connectivity index (χ3v) is 1.98. The van der Waals surface area contributed by atoms with E-state index in [4.69, 9.17) is 11.6 Å². The lowest BCUT2D eigenvalue weighted by Gasteiger charge is -1.94. The summed E-state index contributed by atoms with van der Waals surface area (Å²) in [4.78, 5) is 13.3. The minimum atomic E-state index is 0.493. The number of benzene rings is 1. The summed E-state index contributed by atoms with van der Waals surface area (Å²) in [5, 5.41) is 0.544. The van der Waals surface area contributed by atoms with Crippen molar-refractivity contribution in [2.24, 2.45) is 4.99 Å². The van der Waals surface area contributed by atoms with Crippen molar-refractivity contribution in [2.45, 2.75) is 0 Å². The van der Waals surface area contributed by atoms with Gasteiger partial charge in [0.1, 0.15) is 0 Å². The SMILES string of the molecule is O=C=Nc1cc(Cl)ccc1Br. The second-order valence-corrected chi connectivity index (χ2v) is 3.09. The zero-order valence-electron chi connectivity index (χ0n) is 5.34. The molecule has 0 aromatic heterocycles. The molecule has 1 aromatic carbocycles. The average molecular weight is 232 g/mol.